The van der Waals surface area contributed by atoms with E-state index in [9.17, 15) is 19.2 Å². The zero-order valence-electron chi connectivity index (χ0n) is 19.6. The van der Waals surface area contributed by atoms with Crippen molar-refractivity contribution < 1.29 is 47.6 Å². The van der Waals surface area contributed by atoms with Crippen molar-refractivity contribution in [1.82, 2.24) is 0 Å². The van der Waals surface area contributed by atoms with Gasteiger partial charge in [-0.1, -0.05) is 0 Å². The van der Waals surface area contributed by atoms with E-state index in [2.05, 4.69) is 0 Å². The van der Waals surface area contributed by atoms with E-state index in [1.54, 1.807) is 39.8 Å². The average Bonchev–Trinajstić information content (AvgIpc) is 2.76. The molecule has 6 atom stereocenters. The van der Waals surface area contributed by atoms with Gasteiger partial charge in [-0.05, 0) is 52.7 Å². The Kier molecular flexibility index (Phi) is 5.01. The lowest BCUT2D eigenvalue weighted by atomic mass is 9.50. The molecule has 0 aromatic rings. The van der Waals surface area contributed by atoms with Gasteiger partial charge in [0.2, 0.25) is 0 Å². The number of hydrogen-bond acceptors (Lipinski definition) is 10. The minimum atomic E-state index is -1.25. The van der Waals surface area contributed by atoms with Crippen LogP contribution in [-0.2, 0) is 47.6 Å². The summed E-state index contributed by atoms with van der Waals surface area (Å²) < 4.78 is 33.9. The Hall–Kier alpha value is -2.72. The maximum atomic E-state index is 13.0. The van der Waals surface area contributed by atoms with E-state index in [1.165, 1.54) is 0 Å². The molecule has 10 heteroatoms. The van der Waals surface area contributed by atoms with Crippen LogP contribution in [0.4, 0.5) is 0 Å². The van der Waals surface area contributed by atoms with Crippen LogP contribution < -0.4 is 0 Å². The zero-order valence-corrected chi connectivity index (χ0v) is 19.6. The molecule has 5 rings (SSSR count). The van der Waals surface area contributed by atoms with Crippen LogP contribution in [0.3, 0.4) is 0 Å². The summed E-state index contributed by atoms with van der Waals surface area (Å²) in [5.74, 6) is -2.64. The molecule has 0 aromatic carbocycles. The van der Waals surface area contributed by atoms with Gasteiger partial charge in [0.05, 0.1) is 35.9 Å². The van der Waals surface area contributed by atoms with E-state index in [4.69, 9.17) is 28.4 Å². The van der Waals surface area contributed by atoms with Crippen molar-refractivity contribution in [2.24, 2.45) is 22.7 Å². The van der Waals surface area contributed by atoms with Gasteiger partial charge in [-0.3, -0.25) is 19.2 Å². The fraction of sp³-hybridized carbons (Fsp3) is 0.667. The van der Waals surface area contributed by atoms with Gasteiger partial charge in [0, 0.05) is 0 Å². The summed E-state index contributed by atoms with van der Waals surface area (Å²) in [5.41, 5.74) is -4.76. The molecule has 184 valence electrons. The second kappa shape index (κ2) is 7.39. The van der Waals surface area contributed by atoms with Crippen LogP contribution in [0.2, 0.25) is 0 Å². The molecular formula is C24H28O10. The first-order valence-corrected chi connectivity index (χ1v) is 11.4. The minimum absolute atomic E-state index is 0.00202. The van der Waals surface area contributed by atoms with Gasteiger partial charge in [0.15, 0.2) is 0 Å². The molecule has 2 saturated carbocycles. The normalized spacial score (nSPS) is 44.4. The summed E-state index contributed by atoms with van der Waals surface area (Å²) in [6, 6.07) is 0. The largest absolute Gasteiger partial charge is 0.462 e. The van der Waals surface area contributed by atoms with E-state index < -0.39 is 57.7 Å². The molecule has 0 bridgehead atoms. The van der Waals surface area contributed by atoms with E-state index >= 15 is 0 Å². The van der Waals surface area contributed by atoms with Gasteiger partial charge in [0.1, 0.15) is 35.9 Å². The first-order chi connectivity index (χ1) is 16.0. The van der Waals surface area contributed by atoms with Gasteiger partial charge in [-0.2, -0.15) is 0 Å². The van der Waals surface area contributed by atoms with E-state index in [1.807, 2.05) is 0 Å². The summed E-state index contributed by atoms with van der Waals surface area (Å²) in [7, 11) is 0. The van der Waals surface area contributed by atoms with Crippen LogP contribution in [0.1, 0.15) is 40.5 Å². The van der Waals surface area contributed by atoms with Crippen molar-refractivity contribution >= 4 is 23.9 Å². The molecule has 6 unspecified atom stereocenters. The Balaban J connectivity index is 1.48. The molecule has 34 heavy (non-hydrogen) atoms. The predicted molar refractivity (Wildman–Crippen MR) is 111 cm³/mol. The molecule has 0 N–H and O–H groups in total. The van der Waals surface area contributed by atoms with Crippen LogP contribution in [0, 0.1) is 22.7 Å². The lowest BCUT2D eigenvalue weighted by molar-refractivity contribution is -0.260. The third-order valence-corrected chi connectivity index (χ3v) is 8.13. The first kappa shape index (κ1) is 23.0. The summed E-state index contributed by atoms with van der Waals surface area (Å²) >= 11 is 0. The summed E-state index contributed by atoms with van der Waals surface area (Å²) in [5, 5.41) is 0. The fourth-order valence-corrected chi connectivity index (χ4v) is 6.20. The van der Waals surface area contributed by atoms with E-state index in [0.29, 0.717) is 11.5 Å². The van der Waals surface area contributed by atoms with Crippen LogP contribution >= 0.6 is 0 Å². The number of carbonyl (C=O) groups excluding carboxylic acids is 4. The van der Waals surface area contributed by atoms with Crippen LogP contribution in [-0.4, -0.2) is 61.5 Å². The van der Waals surface area contributed by atoms with Crippen molar-refractivity contribution in [3.8, 4) is 0 Å². The highest BCUT2D eigenvalue weighted by Gasteiger charge is 2.73. The van der Waals surface area contributed by atoms with Crippen molar-refractivity contribution in [3.63, 3.8) is 0 Å². The van der Waals surface area contributed by atoms with Crippen LogP contribution in [0.25, 0.3) is 0 Å². The van der Waals surface area contributed by atoms with Crippen LogP contribution in [0.15, 0.2) is 23.7 Å². The third-order valence-electron chi connectivity index (χ3n) is 8.13. The van der Waals surface area contributed by atoms with Gasteiger partial charge < -0.3 is 28.4 Å². The van der Waals surface area contributed by atoms with Gasteiger partial charge in [-0.15, -0.1) is 0 Å². The quantitative estimate of drug-likeness (QED) is 0.376. The second-order valence-electron chi connectivity index (χ2n) is 10.1. The minimum Gasteiger partial charge on any atom is -0.462 e. The summed E-state index contributed by atoms with van der Waals surface area (Å²) in [6.45, 7) is 6.32. The molecule has 2 spiro atoms. The van der Waals surface area contributed by atoms with Crippen molar-refractivity contribution in [1.29, 1.82) is 0 Å². The lowest BCUT2D eigenvalue weighted by Crippen LogP contribution is -2.71. The van der Waals surface area contributed by atoms with Gasteiger partial charge in [-0.25, -0.2) is 0 Å². The smallest absolute Gasteiger partial charge is 0.317 e. The Morgan fingerprint density at radius 2 is 1.06 bits per heavy atom. The second-order valence-corrected chi connectivity index (χ2v) is 10.1. The Morgan fingerprint density at radius 1 is 0.676 bits per heavy atom. The Bertz CT molecular complexity index is 962. The molecule has 0 aromatic heterocycles. The number of hydrogen-bond donors (Lipinski definition) is 0. The summed E-state index contributed by atoms with van der Waals surface area (Å²) in [4.78, 5) is 51.2. The maximum absolute atomic E-state index is 13.0. The summed E-state index contributed by atoms with van der Waals surface area (Å²) in [6.07, 6.45) is 3.72. The number of cyclic esters (lactones) is 4. The van der Waals surface area contributed by atoms with Gasteiger partial charge in [0.25, 0.3) is 0 Å². The molecular weight excluding hydrogens is 448 g/mol. The Morgan fingerprint density at radius 3 is 1.44 bits per heavy atom. The van der Waals surface area contributed by atoms with E-state index in [0.717, 1.165) is 0 Å². The molecule has 1 saturated heterocycles. The Labute approximate surface area is 196 Å². The van der Waals surface area contributed by atoms with Crippen LogP contribution in [0.5, 0.6) is 0 Å². The van der Waals surface area contributed by atoms with Crippen molar-refractivity contribution in [2.75, 3.05) is 26.4 Å². The molecule has 3 aliphatic heterocycles. The molecule has 10 nitrogen and oxygen atoms in total. The van der Waals surface area contributed by atoms with Crippen molar-refractivity contribution in [3.05, 3.63) is 23.7 Å². The molecule has 0 amide bonds. The maximum Gasteiger partial charge on any atom is 0.317 e. The van der Waals surface area contributed by atoms with E-state index in [-0.39, 0.29) is 39.3 Å². The predicted octanol–water partition coefficient (Wildman–Crippen LogP) is 1.57. The molecule has 3 heterocycles. The highest BCUT2D eigenvalue weighted by Crippen LogP contribution is 2.62. The third kappa shape index (κ3) is 2.81. The fourth-order valence-electron chi connectivity index (χ4n) is 6.20. The van der Waals surface area contributed by atoms with Crippen molar-refractivity contribution in [2.45, 2.75) is 51.7 Å². The number of carbonyl (C=O) groups is 4. The standard InChI is InChI=1S/C24H28O10/c1-13-9-23-15(17(25)33-13)11-21(23,3)19(27)29-5-6-30-20(28)22(4)12-16-18(26)34-14(2)10-24(16,22)32-8-7-31-23/h9-10,15-16H,5-8,11-12H2,1-4H3. The zero-order chi connectivity index (χ0) is 24.5. The monoisotopic (exact) mass is 476 g/mol. The van der Waals surface area contributed by atoms with Gasteiger partial charge >= 0.3 is 23.9 Å². The highest BCUT2D eigenvalue weighted by atomic mass is 16.6. The SMILES string of the molecule is CC1=CC23OCCOC45C=C(C)OC(=O)C4CC5(C)C(=O)OCCOC(=O)C2(C)CC3C(=O)O1. The number of rotatable bonds is 0. The number of ether oxygens (including phenoxy) is 6. The molecule has 5 aliphatic rings. The number of esters is 4. The topological polar surface area (TPSA) is 124 Å². The number of allylic oxidation sites excluding steroid dienone is 2. The lowest BCUT2D eigenvalue weighted by Gasteiger charge is -2.60. The molecule has 0 radical (unpaired) electrons. The highest BCUT2D eigenvalue weighted by molar-refractivity contribution is 5.89. The first-order valence-electron chi connectivity index (χ1n) is 11.4. The molecule has 3 fully saturated rings. The molecule has 2 aliphatic carbocycles. The average molecular weight is 476 g/mol.